The van der Waals surface area contributed by atoms with Crippen molar-refractivity contribution in [3.8, 4) is 0 Å². The normalized spacial score (nSPS) is 22.3. The quantitative estimate of drug-likeness (QED) is 0.440. The number of halogens is 1. The van der Waals surface area contributed by atoms with Crippen LogP contribution in [-0.4, -0.2) is 72.7 Å². The minimum absolute atomic E-state index is 0.0218. The van der Waals surface area contributed by atoms with Crippen molar-refractivity contribution in [3.63, 3.8) is 0 Å². The van der Waals surface area contributed by atoms with Crippen LogP contribution in [0.3, 0.4) is 0 Å². The van der Waals surface area contributed by atoms with E-state index in [1.807, 2.05) is 12.1 Å². The van der Waals surface area contributed by atoms with Gasteiger partial charge in [-0.2, -0.15) is 0 Å². The van der Waals surface area contributed by atoms with Gasteiger partial charge < -0.3 is 20.4 Å². The first-order chi connectivity index (χ1) is 18.7. The molecule has 1 unspecified atom stereocenters. The Hall–Kier alpha value is -3.10. The molecule has 2 aromatic carbocycles. The molecule has 3 atom stereocenters. The number of anilines is 1. The van der Waals surface area contributed by atoms with Crippen LogP contribution >= 0.6 is 0 Å². The second kappa shape index (κ2) is 13.3. The molecule has 8 heteroatoms. The largest absolute Gasteiger partial charge is 0.335 e. The summed E-state index contributed by atoms with van der Waals surface area (Å²) in [5.41, 5.74) is 2.41. The summed E-state index contributed by atoms with van der Waals surface area (Å²) in [6.07, 6.45) is 4.13. The first kappa shape index (κ1) is 28.9. The second-order valence-corrected chi connectivity index (χ2v) is 11.2. The Morgan fingerprint density at radius 1 is 0.923 bits per heavy atom. The molecule has 39 heavy (non-hydrogen) atoms. The number of rotatable bonds is 9. The Morgan fingerprint density at radius 3 is 2.26 bits per heavy atom. The fourth-order valence-electron chi connectivity index (χ4n) is 5.98. The van der Waals surface area contributed by atoms with Crippen molar-refractivity contribution < 1.29 is 18.8 Å². The van der Waals surface area contributed by atoms with E-state index in [0.29, 0.717) is 22.7 Å². The average molecular weight is 537 g/mol. The zero-order valence-corrected chi connectivity index (χ0v) is 23.3. The van der Waals surface area contributed by atoms with E-state index in [2.05, 4.69) is 27.4 Å². The Labute approximate surface area is 231 Å². The standard InChI is InChI=1S/C31H41FN4O3/c1-4-35-13-11-30(34-31(39)33-29-16-25(21(2)37)15-26(17-29)22(3)38)27(19-35)20-36-12-5-6-24(18-36)14-23-7-9-28(32)10-8-23/h7-10,15-17,24,27,30H,4-6,11-14,18-20H2,1-3H3,(H2,33,34,39)/t24?,27-,30+/m0/s1. The molecular weight excluding hydrogens is 495 g/mol. The molecular formula is C31H41FN4O3. The Morgan fingerprint density at radius 2 is 1.62 bits per heavy atom. The van der Waals surface area contributed by atoms with E-state index in [9.17, 15) is 18.8 Å². The highest BCUT2D eigenvalue weighted by molar-refractivity contribution is 6.02. The van der Waals surface area contributed by atoms with Crippen LogP contribution in [-0.2, 0) is 6.42 Å². The molecule has 210 valence electrons. The predicted molar refractivity (Wildman–Crippen MR) is 152 cm³/mol. The van der Waals surface area contributed by atoms with Gasteiger partial charge in [-0.3, -0.25) is 9.59 Å². The number of urea groups is 1. The van der Waals surface area contributed by atoms with E-state index < -0.39 is 0 Å². The number of amides is 2. The highest BCUT2D eigenvalue weighted by atomic mass is 19.1. The van der Waals surface area contributed by atoms with Gasteiger partial charge in [0.15, 0.2) is 11.6 Å². The molecule has 2 N–H and O–H groups in total. The number of nitrogens with zero attached hydrogens (tertiary/aromatic N) is 2. The fourth-order valence-corrected chi connectivity index (χ4v) is 5.98. The number of nitrogens with one attached hydrogen (secondary N) is 2. The molecule has 2 heterocycles. The topological polar surface area (TPSA) is 81.8 Å². The number of hydrogen-bond acceptors (Lipinski definition) is 5. The summed E-state index contributed by atoms with van der Waals surface area (Å²) in [5.74, 6) is 0.301. The molecule has 0 bridgehead atoms. The van der Waals surface area contributed by atoms with Crippen LogP contribution in [0.1, 0.15) is 66.3 Å². The van der Waals surface area contributed by atoms with E-state index in [-0.39, 0.29) is 35.4 Å². The number of piperidine rings is 2. The molecule has 2 aromatic rings. The zero-order chi connectivity index (χ0) is 27.9. The number of hydrogen-bond donors (Lipinski definition) is 2. The predicted octanol–water partition coefficient (Wildman–Crippen LogP) is 5.02. The van der Waals surface area contributed by atoms with Gasteiger partial charge in [-0.15, -0.1) is 0 Å². The second-order valence-electron chi connectivity index (χ2n) is 11.2. The molecule has 0 aliphatic carbocycles. The maximum Gasteiger partial charge on any atom is 0.319 e. The van der Waals surface area contributed by atoms with E-state index in [0.717, 1.165) is 58.5 Å². The number of ketones is 2. The van der Waals surface area contributed by atoms with Gasteiger partial charge in [0.2, 0.25) is 0 Å². The van der Waals surface area contributed by atoms with Crippen molar-refractivity contribution in [1.82, 2.24) is 15.1 Å². The van der Waals surface area contributed by atoms with E-state index in [1.165, 1.54) is 38.0 Å². The molecule has 0 radical (unpaired) electrons. The molecule has 2 amide bonds. The van der Waals surface area contributed by atoms with Crippen LogP contribution in [0, 0.1) is 17.7 Å². The van der Waals surface area contributed by atoms with Crippen molar-refractivity contribution in [1.29, 1.82) is 0 Å². The number of likely N-dealkylation sites (tertiary alicyclic amines) is 2. The number of carbonyl (C=O) groups excluding carboxylic acids is 3. The monoisotopic (exact) mass is 536 g/mol. The van der Waals surface area contributed by atoms with Crippen molar-refractivity contribution in [2.24, 2.45) is 11.8 Å². The lowest BCUT2D eigenvalue weighted by Gasteiger charge is -2.42. The van der Waals surface area contributed by atoms with E-state index in [4.69, 9.17) is 0 Å². The molecule has 2 aliphatic heterocycles. The Bertz CT molecular complexity index is 1140. The summed E-state index contributed by atoms with van der Waals surface area (Å²) in [6.45, 7) is 10.9. The average Bonchev–Trinajstić information content (AvgIpc) is 2.91. The van der Waals surface area contributed by atoms with Gasteiger partial charge in [0.1, 0.15) is 5.82 Å². The molecule has 7 nitrogen and oxygen atoms in total. The number of carbonyl (C=O) groups is 3. The molecule has 4 rings (SSSR count). The minimum atomic E-state index is -0.321. The first-order valence-corrected chi connectivity index (χ1v) is 14.1. The molecule has 2 aliphatic rings. The third-order valence-corrected chi connectivity index (χ3v) is 8.12. The van der Waals surface area contributed by atoms with E-state index >= 15 is 0 Å². The van der Waals surface area contributed by atoms with Gasteiger partial charge in [0, 0.05) is 55.0 Å². The first-order valence-electron chi connectivity index (χ1n) is 14.1. The smallest absolute Gasteiger partial charge is 0.319 e. The summed E-state index contributed by atoms with van der Waals surface area (Å²) >= 11 is 0. The fraction of sp³-hybridized carbons (Fsp3) is 0.516. The maximum atomic E-state index is 13.3. The van der Waals surface area contributed by atoms with Crippen LogP contribution in [0.4, 0.5) is 14.9 Å². The lowest BCUT2D eigenvalue weighted by Crippen LogP contribution is -2.55. The van der Waals surface area contributed by atoms with E-state index in [1.54, 1.807) is 18.2 Å². The summed E-state index contributed by atoms with van der Waals surface area (Å²) in [5, 5.41) is 6.06. The number of benzene rings is 2. The zero-order valence-electron chi connectivity index (χ0n) is 23.3. The van der Waals surface area contributed by atoms with Crippen LogP contribution < -0.4 is 10.6 Å². The van der Waals surface area contributed by atoms with Gasteiger partial charge in [0.05, 0.1) is 0 Å². The summed E-state index contributed by atoms with van der Waals surface area (Å²) in [4.78, 5) is 41.9. The highest BCUT2D eigenvalue weighted by Gasteiger charge is 2.32. The van der Waals surface area contributed by atoms with Crippen molar-refractivity contribution in [2.45, 2.75) is 52.5 Å². The third-order valence-electron chi connectivity index (χ3n) is 8.12. The van der Waals surface area contributed by atoms with Crippen molar-refractivity contribution >= 4 is 23.3 Å². The lowest BCUT2D eigenvalue weighted by molar-refractivity contribution is 0.0876. The molecule has 2 fully saturated rings. The molecule has 2 saturated heterocycles. The van der Waals surface area contributed by atoms with Gasteiger partial charge in [-0.05, 0) is 94.4 Å². The van der Waals surface area contributed by atoms with Crippen LogP contribution in [0.25, 0.3) is 0 Å². The summed E-state index contributed by atoms with van der Waals surface area (Å²) in [7, 11) is 0. The van der Waals surface area contributed by atoms with Gasteiger partial charge in [-0.1, -0.05) is 19.1 Å². The van der Waals surface area contributed by atoms with Crippen LogP contribution in [0.5, 0.6) is 0 Å². The summed E-state index contributed by atoms with van der Waals surface area (Å²) in [6, 6.07) is 11.3. The highest BCUT2D eigenvalue weighted by Crippen LogP contribution is 2.25. The third kappa shape index (κ3) is 8.19. The van der Waals surface area contributed by atoms with Crippen molar-refractivity contribution in [3.05, 3.63) is 65.0 Å². The Balaban J connectivity index is 1.39. The van der Waals surface area contributed by atoms with Crippen molar-refractivity contribution in [2.75, 3.05) is 44.6 Å². The van der Waals surface area contributed by atoms with Gasteiger partial charge >= 0.3 is 6.03 Å². The molecule has 0 saturated carbocycles. The van der Waals surface area contributed by atoms with Crippen LogP contribution in [0.15, 0.2) is 42.5 Å². The SMILES string of the molecule is CCN1CC[C@@H](NC(=O)Nc2cc(C(C)=O)cc(C(C)=O)c2)[C@H](CN2CCCC(Cc3ccc(F)cc3)C2)C1. The summed E-state index contributed by atoms with van der Waals surface area (Å²) < 4.78 is 13.3. The maximum absolute atomic E-state index is 13.3. The van der Waals surface area contributed by atoms with Crippen LogP contribution in [0.2, 0.25) is 0 Å². The molecule has 0 spiro atoms. The van der Waals surface area contributed by atoms with Gasteiger partial charge in [0.25, 0.3) is 0 Å². The minimum Gasteiger partial charge on any atom is -0.335 e. The van der Waals surface area contributed by atoms with Gasteiger partial charge in [-0.25, -0.2) is 9.18 Å². The lowest BCUT2D eigenvalue weighted by atomic mass is 9.88. The number of Topliss-reactive ketones (excluding diaryl/α,β-unsaturated/α-hetero) is 2. The molecule has 0 aromatic heterocycles. The Kier molecular flexibility index (Phi) is 9.86.